The lowest BCUT2D eigenvalue weighted by Gasteiger charge is -2.08. The molecule has 1 aliphatic carbocycles. The number of oxime groups is 2. The van der Waals surface area contributed by atoms with Gasteiger partial charge in [-0.25, -0.2) is 4.79 Å². The lowest BCUT2D eigenvalue weighted by Crippen LogP contribution is -2.17. The van der Waals surface area contributed by atoms with Crippen molar-refractivity contribution in [1.82, 2.24) is 0 Å². The van der Waals surface area contributed by atoms with E-state index in [9.17, 15) is 9.90 Å². The Morgan fingerprint density at radius 1 is 1.11 bits per heavy atom. The predicted octanol–water partition coefficient (Wildman–Crippen LogP) is 3.82. The van der Waals surface area contributed by atoms with Crippen molar-refractivity contribution in [2.45, 2.75) is 25.9 Å². The lowest BCUT2D eigenvalue weighted by molar-refractivity contribution is -0.129. The molecular formula is C21H22N2O4. The number of hydrogen-bond donors (Lipinski definition) is 1. The average molecular weight is 366 g/mol. The van der Waals surface area contributed by atoms with Crippen LogP contribution in [0.25, 0.3) is 0 Å². The van der Waals surface area contributed by atoms with Gasteiger partial charge in [-0.3, -0.25) is 0 Å². The molecule has 3 rings (SSSR count). The molecule has 0 aliphatic heterocycles. The highest BCUT2D eigenvalue weighted by Gasteiger charge is 2.40. The Morgan fingerprint density at radius 3 is 2.52 bits per heavy atom. The van der Waals surface area contributed by atoms with Crippen LogP contribution in [0.15, 0.2) is 64.9 Å². The molecule has 2 aromatic carbocycles. The molecule has 1 fully saturated rings. The predicted molar refractivity (Wildman–Crippen MR) is 103 cm³/mol. The van der Waals surface area contributed by atoms with Crippen molar-refractivity contribution in [3.63, 3.8) is 0 Å². The molecule has 0 heterocycles. The first-order valence-electron chi connectivity index (χ1n) is 8.76. The SMILES string of the molecule is CO/N=C(\C(=O)O)c1ccccc1CO/N=C(/C)C1CC1c1ccccc1. The third kappa shape index (κ3) is 4.53. The fourth-order valence-electron chi connectivity index (χ4n) is 3.17. The van der Waals surface area contributed by atoms with E-state index in [0.717, 1.165) is 12.1 Å². The number of carboxylic acid groups (broad SMARTS) is 1. The standard InChI is InChI=1S/C21H22N2O4/c1-14(18-12-19(18)15-8-4-3-5-9-15)22-27-13-16-10-6-7-11-17(16)20(21(24)25)23-26-2/h3-11,18-19H,12-13H2,1-2H3,(H,24,25)/b22-14-,23-20-. The average Bonchev–Trinajstić information content (AvgIpc) is 3.48. The van der Waals surface area contributed by atoms with Gasteiger partial charge in [0, 0.05) is 17.0 Å². The van der Waals surface area contributed by atoms with E-state index in [1.54, 1.807) is 18.2 Å². The van der Waals surface area contributed by atoms with Gasteiger partial charge in [0.15, 0.2) is 5.71 Å². The van der Waals surface area contributed by atoms with Gasteiger partial charge in [0.2, 0.25) is 0 Å². The van der Waals surface area contributed by atoms with Gasteiger partial charge in [0.25, 0.3) is 0 Å². The van der Waals surface area contributed by atoms with Crippen LogP contribution in [0.2, 0.25) is 0 Å². The first-order valence-corrected chi connectivity index (χ1v) is 8.76. The Kier molecular flexibility index (Phi) is 5.86. The molecule has 0 radical (unpaired) electrons. The fraction of sp³-hybridized carbons (Fsp3) is 0.286. The zero-order chi connectivity index (χ0) is 19.2. The lowest BCUT2D eigenvalue weighted by atomic mass is 10.0. The van der Waals surface area contributed by atoms with Crippen LogP contribution in [-0.4, -0.2) is 29.6 Å². The van der Waals surface area contributed by atoms with Crippen LogP contribution in [-0.2, 0) is 21.1 Å². The van der Waals surface area contributed by atoms with E-state index in [2.05, 4.69) is 27.3 Å². The van der Waals surface area contributed by atoms with Crippen LogP contribution in [0.1, 0.15) is 36.0 Å². The van der Waals surface area contributed by atoms with Gasteiger partial charge in [0.05, 0.1) is 5.71 Å². The molecule has 27 heavy (non-hydrogen) atoms. The molecule has 2 unspecified atom stereocenters. The molecule has 1 N–H and O–H groups in total. The van der Waals surface area contributed by atoms with E-state index in [-0.39, 0.29) is 12.3 Å². The topological polar surface area (TPSA) is 80.5 Å². The van der Waals surface area contributed by atoms with Gasteiger partial charge >= 0.3 is 5.97 Å². The number of hydrogen-bond acceptors (Lipinski definition) is 5. The van der Waals surface area contributed by atoms with Crippen LogP contribution >= 0.6 is 0 Å². The van der Waals surface area contributed by atoms with E-state index >= 15 is 0 Å². The number of nitrogens with zero attached hydrogens (tertiary/aromatic N) is 2. The molecule has 0 spiro atoms. The summed E-state index contributed by atoms with van der Waals surface area (Å²) in [7, 11) is 1.31. The highest BCUT2D eigenvalue weighted by molar-refractivity contribution is 6.42. The smallest absolute Gasteiger partial charge is 0.358 e. The van der Waals surface area contributed by atoms with Gasteiger partial charge in [-0.1, -0.05) is 64.9 Å². The Balaban J connectivity index is 1.65. The molecule has 6 heteroatoms. The second kappa shape index (κ2) is 8.49. The summed E-state index contributed by atoms with van der Waals surface area (Å²) in [6, 6.07) is 17.4. The third-order valence-electron chi connectivity index (χ3n) is 4.64. The minimum Gasteiger partial charge on any atom is -0.476 e. The summed E-state index contributed by atoms with van der Waals surface area (Å²) >= 11 is 0. The van der Waals surface area contributed by atoms with Gasteiger partial charge in [-0.15, -0.1) is 0 Å². The van der Waals surface area contributed by atoms with Gasteiger partial charge < -0.3 is 14.8 Å². The van der Waals surface area contributed by atoms with E-state index in [1.165, 1.54) is 12.7 Å². The second-order valence-electron chi connectivity index (χ2n) is 6.45. The highest BCUT2D eigenvalue weighted by atomic mass is 16.6. The van der Waals surface area contributed by atoms with E-state index in [0.29, 0.717) is 23.0 Å². The molecule has 1 saturated carbocycles. The molecule has 140 valence electrons. The van der Waals surface area contributed by atoms with Gasteiger partial charge in [0.1, 0.15) is 13.7 Å². The van der Waals surface area contributed by atoms with Gasteiger partial charge in [-0.2, -0.15) is 0 Å². The quantitative estimate of drug-likeness (QED) is 0.569. The highest BCUT2D eigenvalue weighted by Crippen LogP contribution is 2.48. The maximum absolute atomic E-state index is 11.4. The van der Waals surface area contributed by atoms with Crippen molar-refractivity contribution in [2.24, 2.45) is 16.2 Å². The van der Waals surface area contributed by atoms with Crippen LogP contribution in [0.3, 0.4) is 0 Å². The van der Waals surface area contributed by atoms with Crippen molar-refractivity contribution in [2.75, 3.05) is 7.11 Å². The summed E-state index contributed by atoms with van der Waals surface area (Å²) < 4.78 is 0. The minimum atomic E-state index is -1.16. The number of benzene rings is 2. The van der Waals surface area contributed by atoms with Crippen LogP contribution in [0.5, 0.6) is 0 Å². The zero-order valence-electron chi connectivity index (χ0n) is 15.3. The zero-order valence-corrected chi connectivity index (χ0v) is 15.3. The summed E-state index contributed by atoms with van der Waals surface area (Å²) in [4.78, 5) is 21.6. The Bertz CT molecular complexity index is 861. The van der Waals surface area contributed by atoms with E-state index in [1.807, 2.05) is 31.2 Å². The number of aliphatic carboxylic acids is 1. The molecule has 0 aromatic heterocycles. The summed E-state index contributed by atoms with van der Waals surface area (Å²) in [5.41, 5.74) is 3.24. The minimum absolute atomic E-state index is 0.159. The summed E-state index contributed by atoms with van der Waals surface area (Å²) in [6.45, 7) is 2.13. The number of carboxylic acids is 1. The van der Waals surface area contributed by atoms with Crippen LogP contribution < -0.4 is 0 Å². The van der Waals surface area contributed by atoms with Crippen molar-refractivity contribution < 1.29 is 19.6 Å². The Labute approximate surface area is 158 Å². The van der Waals surface area contributed by atoms with Crippen molar-refractivity contribution in [3.05, 3.63) is 71.3 Å². The van der Waals surface area contributed by atoms with Crippen LogP contribution in [0.4, 0.5) is 0 Å². The molecular weight excluding hydrogens is 344 g/mol. The second-order valence-corrected chi connectivity index (χ2v) is 6.45. The number of rotatable bonds is 8. The molecule has 0 saturated heterocycles. The first kappa shape index (κ1) is 18.6. The molecule has 2 aromatic rings. The molecule has 0 bridgehead atoms. The molecule has 0 amide bonds. The molecule has 6 nitrogen and oxygen atoms in total. The van der Waals surface area contributed by atoms with E-state index < -0.39 is 5.97 Å². The third-order valence-corrected chi connectivity index (χ3v) is 4.64. The Hall–Kier alpha value is -3.15. The maximum atomic E-state index is 11.4. The Morgan fingerprint density at radius 2 is 1.81 bits per heavy atom. The van der Waals surface area contributed by atoms with Gasteiger partial charge in [-0.05, 0) is 24.8 Å². The van der Waals surface area contributed by atoms with E-state index in [4.69, 9.17) is 4.84 Å². The van der Waals surface area contributed by atoms with Crippen molar-refractivity contribution in [1.29, 1.82) is 0 Å². The maximum Gasteiger partial charge on any atom is 0.358 e. The van der Waals surface area contributed by atoms with Crippen LogP contribution in [0, 0.1) is 5.92 Å². The summed E-state index contributed by atoms with van der Waals surface area (Å²) in [5, 5.41) is 17.2. The first-order chi connectivity index (χ1) is 13.1. The fourth-order valence-corrected chi connectivity index (χ4v) is 3.17. The molecule has 2 atom stereocenters. The van der Waals surface area contributed by atoms with Crippen molar-refractivity contribution in [3.8, 4) is 0 Å². The normalized spacial score (nSPS) is 19.5. The molecule has 1 aliphatic rings. The summed E-state index contributed by atoms with van der Waals surface area (Å²) in [5.74, 6) is -0.266. The number of carbonyl (C=O) groups is 1. The van der Waals surface area contributed by atoms with Crippen molar-refractivity contribution >= 4 is 17.4 Å². The largest absolute Gasteiger partial charge is 0.476 e. The summed E-state index contributed by atoms with van der Waals surface area (Å²) in [6.07, 6.45) is 1.07. The monoisotopic (exact) mass is 366 g/mol.